The molecule has 0 aliphatic heterocycles. The highest BCUT2D eigenvalue weighted by Gasteiger charge is 2.28. The molecule has 5 rings (SSSR count). The molecular weight excluding hydrogens is 451 g/mol. The van der Waals surface area contributed by atoms with Crippen LogP contribution in [0.4, 0.5) is 18.9 Å². The van der Waals surface area contributed by atoms with Crippen LogP contribution in [0.15, 0.2) is 58.8 Å². The molecule has 0 saturated carbocycles. The second-order valence-corrected chi connectivity index (χ2v) is 8.66. The number of benzene rings is 2. The highest BCUT2D eigenvalue weighted by Crippen LogP contribution is 2.34. The molecule has 0 bridgehead atoms. The second-order valence-electron chi connectivity index (χ2n) is 7.66. The molecule has 0 saturated heterocycles. The number of carbonyl (C=O) groups excluding carboxylic acids is 1. The van der Waals surface area contributed by atoms with Crippen molar-refractivity contribution in [1.82, 2.24) is 19.3 Å². The fourth-order valence-electron chi connectivity index (χ4n) is 3.87. The lowest BCUT2D eigenvalue weighted by Gasteiger charge is -2.11. The lowest BCUT2D eigenvalue weighted by atomic mass is 10.2. The summed E-state index contributed by atoms with van der Waals surface area (Å²) in [6.07, 6.45) is 5.56. The molecular formula is C23H18F3N5OS. The van der Waals surface area contributed by atoms with Crippen molar-refractivity contribution in [1.29, 1.82) is 0 Å². The van der Waals surface area contributed by atoms with Gasteiger partial charge in [-0.3, -0.25) is 4.79 Å². The Morgan fingerprint density at radius 2 is 1.94 bits per heavy atom. The molecule has 2 aromatic carbocycles. The molecule has 0 unspecified atom stereocenters. The molecule has 1 aliphatic rings. The quantitative estimate of drug-likeness (QED) is 0.451. The summed E-state index contributed by atoms with van der Waals surface area (Å²) in [5, 5.41) is 7.86. The van der Waals surface area contributed by atoms with Gasteiger partial charge in [-0.2, -0.15) is 5.10 Å². The van der Waals surface area contributed by atoms with Crippen LogP contribution < -0.4 is 5.32 Å². The molecule has 2 heterocycles. The minimum absolute atomic E-state index is 0.185. The first-order valence-corrected chi connectivity index (χ1v) is 11.0. The summed E-state index contributed by atoms with van der Waals surface area (Å²) in [4.78, 5) is 18.1. The van der Waals surface area contributed by atoms with E-state index in [1.165, 1.54) is 34.6 Å². The molecule has 10 heteroatoms. The molecule has 0 radical (unpaired) electrons. The zero-order valence-electron chi connectivity index (χ0n) is 17.5. The number of hydrogen-bond donors (Lipinski definition) is 1. The van der Waals surface area contributed by atoms with Crippen LogP contribution in [0.25, 0.3) is 5.69 Å². The number of aromatic nitrogens is 4. The number of anilines is 1. The number of fused-ring (bicyclic) bond motifs is 1. The highest BCUT2D eigenvalue weighted by molar-refractivity contribution is 7.99. The molecule has 1 amide bonds. The topological polar surface area (TPSA) is 64.7 Å². The molecule has 6 nitrogen and oxygen atoms in total. The van der Waals surface area contributed by atoms with Gasteiger partial charge in [-0.1, -0.05) is 0 Å². The van der Waals surface area contributed by atoms with E-state index in [1.54, 1.807) is 18.5 Å². The van der Waals surface area contributed by atoms with Crippen LogP contribution in [0.2, 0.25) is 0 Å². The van der Waals surface area contributed by atoms with Crippen molar-refractivity contribution < 1.29 is 18.0 Å². The van der Waals surface area contributed by atoms with E-state index in [-0.39, 0.29) is 5.69 Å². The Kier molecular flexibility index (Phi) is 5.45. The van der Waals surface area contributed by atoms with Crippen LogP contribution >= 0.6 is 11.8 Å². The molecule has 4 aromatic rings. The first-order chi connectivity index (χ1) is 15.9. The van der Waals surface area contributed by atoms with Crippen LogP contribution in [0.5, 0.6) is 0 Å². The lowest BCUT2D eigenvalue weighted by Crippen LogP contribution is -2.15. The maximum Gasteiger partial charge on any atom is 0.276 e. The molecule has 168 valence electrons. The number of imidazole rings is 1. The molecule has 0 spiro atoms. The number of amides is 1. The number of nitrogens with one attached hydrogen (secondary N) is 1. The molecule has 33 heavy (non-hydrogen) atoms. The van der Waals surface area contributed by atoms with Crippen molar-refractivity contribution in [2.75, 3.05) is 5.32 Å². The zero-order chi connectivity index (χ0) is 23.1. The Bertz CT molecular complexity index is 1380. The van der Waals surface area contributed by atoms with E-state index < -0.39 is 23.4 Å². The average molecular weight is 469 g/mol. The van der Waals surface area contributed by atoms with E-state index in [4.69, 9.17) is 0 Å². The standard InChI is InChI=1S/C23H18F3N5OS/c1-30-10-9-27-23(30)33-20-8-5-13(24)11-18(20)28-22(32)21-15-3-2-4-19(15)31(29-21)14-6-7-16(25)17(26)12-14/h5-12H,2-4H2,1H3,(H,28,32). The summed E-state index contributed by atoms with van der Waals surface area (Å²) in [5.41, 5.74) is 2.36. The lowest BCUT2D eigenvalue weighted by molar-refractivity contribution is 0.102. The molecule has 1 aliphatic carbocycles. The van der Waals surface area contributed by atoms with Crippen LogP contribution in [0.1, 0.15) is 28.2 Å². The number of hydrogen-bond acceptors (Lipinski definition) is 4. The van der Waals surface area contributed by atoms with Crippen molar-refractivity contribution >= 4 is 23.4 Å². The fourth-order valence-corrected chi connectivity index (χ4v) is 4.74. The maximum atomic E-state index is 14.0. The zero-order valence-corrected chi connectivity index (χ0v) is 18.3. The van der Waals surface area contributed by atoms with E-state index in [2.05, 4.69) is 15.4 Å². The minimum atomic E-state index is -0.989. The SMILES string of the molecule is Cn1ccnc1Sc1ccc(F)cc1NC(=O)c1nn(-c2ccc(F)c(F)c2)c2c1CCC2. The van der Waals surface area contributed by atoms with Gasteiger partial charge >= 0.3 is 0 Å². The van der Waals surface area contributed by atoms with E-state index in [9.17, 15) is 18.0 Å². The predicted molar refractivity (Wildman–Crippen MR) is 117 cm³/mol. The Balaban J connectivity index is 1.48. The van der Waals surface area contributed by atoms with Gasteiger partial charge in [0.1, 0.15) is 5.82 Å². The third-order valence-electron chi connectivity index (χ3n) is 5.46. The predicted octanol–water partition coefficient (Wildman–Crippen LogP) is 4.92. The van der Waals surface area contributed by atoms with Crippen LogP contribution in [-0.4, -0.2) is 25.2 Å². The van der Waals surface area contributed by atoms with Crippen molar-refractivity contribution in [3.63, 3.8) is 0 Å². The van der Waals surface area contributed by atoms with Gasteiger partial charge in [0, 0.05) is 41.7 Å². The Hall–Kier alpha value is -3.53. The normalized spacial score (nSPS) is 12.7. The second kappa shape index (κ2) is 8.43. The molecule has 1 N–H and O–H groups in total. The maximum absolute atomic E-state index is 14.0. The summed E-state index contributed by atoms with van der Waals surface area (Å²) < 4.78 is 44.5. The van der Waals surface area contributed by atoms with Gasteiger partial charge < -0.3 is 9.88 Å². The first kappa shape index (κ1) is 21.3. The molecule has 0 atom stereocenters. The first-order valence-electron chi connectivity index (χ1n) is 10.2. The third-order valence-corrected chi connectivity index (χ3v) is 6.61. The van der Waals surface area contributed by atoms with Gasteiger partial charge in [-0.05, 0) is 61.4 Å². The summed E-state index contributed by atoms with van der Waals surface area (Å²) in [5.74, 6) is -2.94. The summed E-state index contributed by atoms with van der Waals surface area (Å²) in [7, 11) is 1.84. The number of nitrogens with zero attached hydrogens (tertiary/aromatic N) is 4. The van der Waals surface area contributed by atoms with Gasteiger partial charge in [0.2, 0.25) is 0 Å². The number of halogens is 3. The number of rotatable bonds is 5. The van der Waals surface area contributed by atoms with Gasteiger partial charge in [0.05, 0.1) is 11.4 Å². The van der Waals surface area contributed by atoms with Gasteiger partial charge in [-0.25, -0.2) is 22.8 Å². The third kappa shape index (κ3) is 4.02. The van der Waals surface area contributed by atoms with Gasteiger partial charge in [0.15, 0.2) is 22.5 Å². The minimum Gasteiger partial charge on any atom is -0.329 e. The Labute approximate surface area is 191 Å². The van der Waals surface area contributed by atoms with E-state index >= 15 is 0 Å². The van der Waals surface area contributed by atoms with Crippen molar-refractivity contribution in [3.8, 4) is 5.69 Å². The molecule has 2 aromatic heterocycles. The van der Waals surface area contributed by atoms with Crippen LogP contribution in [-0.2, 0) is 19.9 Å². The Morgan fingerprint density at radius 3 is 2.70 bits per heavy atom. The van der Waals surface area contributed by atoms with E-state index in [0.29, 0.717) is 34.3 Å². The van der Waals surface area contributed by atoms with Crippen LogP contribution in [0.3, 0.4) is 0 Å². The largest absolute Gasteiger partial charge is 0.329 e. The van der Waals surface area contributed by atoms with Gasteiger partial charge in [-0.15, -0.1) is 0 Å². The summed E-state index contributed by atoms with van der Waals surface area (Å²) >= 11 is 1.29. The van der Waals surface area contributed by atoms with Gasteiger partial charge in [0.25, 0.3) is 5.91 Å². The summed E-state index contributed by atoms with van der Waals surface area (Å²) in [6, 6.07) is 7.64. The number of carbonyl (C=O) groups is 1. The summed E-state index contributed by atoms with van der Waals surface area (Å²) in [6.45, 7) is 0. The highest BCUT2D eigenvalue weighted by atomic mass is 32.2. The fraction of sp³-hybridized carbons (Fsp3) is 0.174. The van der Waals surface area contributed by atoms with Crippen molar-refractivity contribution in [2.45, 2.75) is 29.3 Å². The van der Waals surface area contributed by atoms with Crippen molar-refractivity contribution in [3.05, 3.63) is 83.2 Å². The van der Waals surface area contributed by atoms with E-state index in [0.717, 1.165) is 29.8 Å². The molecule has 0 fully saturated rings. The average Bonchev–Trinajstić information content (AvgIpc) is 3.49. The Morgan fingerprint density at radius 1 is 1.09 bits per heavy atom. The smallest absolute Gasteiger partial charge is 0.276 e. The number of aryl methyl sites for hydroxylation is 1. The van der Waals surface area contributed by atoms with E-state index in [1.807, 2.05) is 11.6 Å². The monoisotopic (exact) mass is 469 g/mol. The van der Waals surface area contributed by atoms with Crippen LogP contribution in [0, 0.1) is 17.5 Å². The van der Waals surface area contributed by atoms with Crippen molar-refractivity contribution in [2.24, 2.45) is 7.05 Å².